The van der Waals surface area contributed by atoms with Crippen molar-refractivity contribution < 1.29 is 18.8 Å². The lowest BCUT2D eigenvalue weighted by molar-refractivity contribution is 0.0315. The van der Waals surface area contributed by atoms with E-state index in [4.69, 9.17) is 9.26 Å². The minimum Gasteiger partial charge on any atom is -0.451 e. The number of halogens is 1. The molecule has 1 heterocycles. The Hall–Kier alpha value is -1.95. The van der Waals surface area contributed by atoms with Crippen LogP contribution in [0.3, 0.4) is 0 Å². The van der Waals surface area contributed by atoms with Gasteiger partial charge >= 0.3 is 5.97 Å². The molecule has 0 saturated carbocycles. The highest BCUT2D eigenvalue weighted by atomic mass is 79.9. The molecule has 0 aliphatic rings. The van der Waals surface area contributed by atoms with Gasteiger partial charge in [0.05, 0.1) is 5.69 Å². The summed E-state index contributed by atoms with van der Waals surface area (Å²) in [6.07, 6.45) is -0.891. The van der Waals surface area contributed by atoms with Crippen molar-refractivity contribution in [2.75, 3.05) is 0 Å². The van der Waals surface area contributed by atoms with Crippen LogP contribution in [0.1, 0.15) is 58.9 Å². The summed E-state index contributed by atoms with van der Waals surface area (Å²) < 4.78 is 11.4. The lowest BCUT2D eigenvalue weighted by Gasteiger charge is -2.13. The second-order valence-electron chi connectivity index (χ2n) is 5.58. The topological polar surface area (TPSA) is 69.4 Å². The number of Topliss-reactive ketones (excluding diaryl/α,β-unsaturated/α-hetero) is 1. The molecule has 1 atom stereocenters. The molecule has 0 N–H and O–H groups in total. The number of carbonyl (C=O) groups excluding carboxylic acids is 2. The van der Waals surface area contributed by atoms with Gasteiger partial charge in [-0.2, -0.15) is 0 Å². The maximum atomic E-state index is 12.4. The van der Waals surface area contributed by atoms with Crippen LogP contribution < -0.4 is 0 Å². The van der Waals surface area contributed by atoms with E-state index in [0.29, 0.717) is 22.6 Å². The van der Waals surface area contributed by atoms with Gasteiger partial charge in [0.2, 0.25) is 5.78 Å². The summed E-state index contributed by atoms with van der Waals surface area (Å²) in [4.78, 5) is 24.7. The van der Waals surface area contributed by atoms with Gasteiger partial charge < -0.3 is 9.26 Å². The summed E-state index contributed by atoms with van der Waals surface area (Å²) in [5.74, 6) is -0.386. The fourth-order valence-electron chi connectivity index (χ4n) is 2.15. The number of esters is 1. The van der Waals surface area contributed by atoms with Crippen LogP contribution in [0.25, 0.3) is 0 Å². The first-order chi connectivity index (χ1) is 10.8. The second kappa shape index (κ2) is 7.08. The van der Waals surface area contributed by atoms with Crippen molar-refractivity contribution in [1.82, 2.24) is 5.16 Å². The molecular weight excluding hydrogens is 362 g/mol. The predicted octanol–water partition coefficient (Wildman–Crippen LogP) is 4.30. The molecule has 2 aromatic rings. The van der Waals surface area contributed by atoms with E-state index in [1.54, 1.807) is 38.1 Å². The first-order valence-electron chi connectivity index (χ1n) is 7.28. The zero-order chi connectivity index (χ0) is 17.1. The van der Waals surface area contributed by atoms with Gasteiger partial charge in [-0.3, -0.25) is 4.79 Å². The first kappa shape index (κ1) is 17.4. The van der Waals surface area contributed by atoms with Crippen LogP contribution in [0.15, 0.2) is 33.3 Å². The Morgan fingerprint density at radius 1 is 1.17 bits per heavy atom. The Morgan fingerprint density at radius 2 is 1.78 bits per heavy atom. The van der Waals surface area contributed by atoms with Gasteiger partial charge in [0.1, 0.15) is 5.56 Å². The van der Waals surface area contributed by atoms with Crippen molar-refractivity contribution in [2.45, 2.75) is 39.7 Å². The zero-order valence-corrected chi connectivity index (χ0v) is 15.0. The molecule has 2 rings (SSSR count). The molecule has 0 aliphatic heterocycles. The number of aryl methyl sites for hydroxylation is 1. The predicted molar refractivity (Wildman–Crippen MR) is 88.7 cm³/mol. The second-order valence-corrected chi connectivity index (χ2v) is 6.50. The quantitative estimate of drug-likeness (QED) is 0.572. The van der Waals surface area contributed by atoms with Gasteiger partial charge in [0, 0.05) is 16.0 Å². The third kappa shape index (κ3) is 3.88. The smallest absolute Gasteiger partial charge is 0.344 e. The average Bonchev–Trinajstić information content (AvgIpc) is 2.89. The number of ether oxygens (including phenoxy) is 1. The molecule has 1 aromatic carbocycles. The number of nitrogens with zero attached hydrogens (tertiary/aromatic N) is 1. The third-order valence-electron chi connectivity index (χ3n) is 3.40. The molecule has 23 heavy (non-hydrogen) atoms. The van der Waals surface area contributed by atoms with E-state index in [9.17, 15) is 9.59 Å². The molecule has 0 spiro atoms. The Balaban J connectivity index is 2.15. The molecule has 0 bridgehead atoms. The van der Waals surface area contributed by atoms with Crippen LogP contribution in [-0.2, 0) is 4.74 Å². The Labute approximate surface area is 143 Å². The van der Waals surface area contributed by atoms with Crippen LogP contribution in [0.5, 0.6) is 0 Å². The molecule has 0 aliphatic carbocycles. The number of hydrogen-bond acceptors (Lipinski definition) is 5. The molecule has 5 nitrogen and oxygen atoms in total. The summed E-state index contributed by atoms with van der Waals surface area (Å²) in [5.41, 5.74) is 1.25. The van der Waals surface area contributed by atoms with Gasteiger partial charge in [-0.15, -0.1) is 0 Å². The van der Waals surface area contributed by atoms with Crippen LogP contribution in [0, 0.1) is 6.92 Å². The van der Waals surface area contributed by atoms with E-state index in [0.717, 1.165) is 4.47 Å². The molecule has 122 valence electrons. The van der Waals surface area contributed by atoms with Crippen LogP contribution >= 0.6 is 15.9 Å². The SMILES string of the molecule is Cc1noc(C(C)C)c1C(=O)O[C@H](C)C(=O)c1ccc(Br)cc1. The van der Waals surface area contributed by atoms with Crippen LogP contribution in [0.4, 0.5) is 0 Å². The number of aromatic nitrogens is 1. The fraction of sp³-hybridized carbons (Fsp3) is 0.353. The summed E-state index contributed by atoms with van der Waals surface area (Å²) in [7, 11) is 0. The summed E-state index contributed by atoms with van der Waals surface area (Å²) in [5, 5.41) is 3.81. The van der Waals surface area contributed by atoms with Gasteiger partial charge in [-0.1, -0.05) is 47.1 Å². The molecule has 0 fully saturated rings. The standard InChI is InChI=1S/C17H18BrNO4/c1-9(2)16-14(10(3)19-23-16)17(21)22-11(4)15(20)12-5-7-13(18)8-6-12/h5-9,11H,1-4H3/t11-/m1/s1. The Morgan fingerprint density at radius 3 is 2.35 bits per heavy atom. The minimum atomic E-state index is -0.891. The van der Waals surface area contributed by atoms with Crippen molar-refractivity contribution in [3.63, 3.8) is 0 Å². The van der Waals surface area contributed by atoms with E-state index in [2.05, 4.69) is 21.1 Å². The van der Waals surface area contributed by atoms with Crippen molar-refractivity contribution in [1.29, 1.82) is 0 Å². The summed E-state index contributed by atoms with van der Waals surface area (Å²) >= 11 is 3.31. The van der Waals surface area contributed by atoms with Gasteiger partial charge in [0.25, 0.3) is 0 Å². The fourth-order valence-corrected chi connectivity index (χ4v) is 2.42. The minimum absolute atomic E-state index is 0.00349. The zero-order valence-electron chi connectivity index (χ0n) is 13.4. The third-order valence-corrected chi connectivity index (χ3v) is 3.93. The number of carbonyl (C=O) groups is 2. The van der Waals surface area contributed by atoms with Crippen molar-refractivity contribution >= 4 is 27.7 Å². The van der Waals surface area contributed by atoms with Gasteiger partial charge in [0.15, 0.2) is 11.9 Å². The number of hydrogen-bond donors (Lipinski definition) is 0. The van der Waals surface area contributed by atoms with Crippen molar-refractivity contribution in [3.05, 3.63) is 51.3 Å². The molecule has 0 unspecified atom stereocenters. The maximum absolute atomic E-state index is 12.4. The lowest BCUT2D eigenvalue weighted by atomic mass is 10.0. The van der Waals surface area contributed by atoms with E-state index in [-0.39, 0.29) is 11.7 Å². The van der Waals surface area contributed by atoms with E-state index >= 15 is 0 Å². The average molecular weight is 380 g/mol. The largest absolute Gasteiger partial charge is 0.451 e. The normalized spacial score (nSPS) is 12.3. The monoisotopic (exact) mass is 379 g/mol. The molecule has 6 heteroatoms. The molecule has 1 aromatic heterocycles. The first-order valence-corrected chi connectivity index (χ1v) is 8.07. The number of benzene rings is 1. The highest BCUT2D eigenvalue weighted by molar-refractivity contribution is 9.10. The summed E-state index contributed by atoms with van der Waals surface area (Å²) in [6.45, 7) is 7.02. The van der Waals surface area contributed by atoms with Crippen LogP contribution in [0.2, 0.25) is 0 Å². The maximum Gasteiger partial charge on any atom is 0.344 e. The van der Waals surface area contributed by atoms with Crippen molar-refractivity contribution in [3.8, 4) is 0 Å². The number of ketones is 1. The van der Waals surface area contributed by atoms with Gasteiger partial charge in [-0.05, 0) is 26.0 Å². The van der Waals surface area contributed by atoms with Gasteiger partial charge in [-0.25, -0.2) is 4.79 Å². The molecular formula is C17H18BrNO4. The molecule has 0 radical (unpaired) electrons. The van der Waals surface area contributed by atoms with E-state index in [1.165, 1.54) is 0 Å². The van der Waals surface area contributed by atoms with Crippen LogP contribution in [-0.4, -0.2) is 23.0 Å². The highest BCUT2D eigenvalue weighted by Crippen LogP contribution is 2.23. The van der Waals surface area contributed by atoms with E-state index < -0.39 is 12.1 Å². The van der Waals surface area contributed by atoms with Crippen molar-refractivity contribution in [2.24, 2.45) is 0 Å². The Bertz CT molecular complexity index is 719. The lowest BCUT2D eigenvalue weighted by Crippen LogP contribution is -2.25. The summed E-state index contributed by atoms with van der Waals surface area (Å²) in [6, 6.07) is 6.90. The van der Waals surface area contributed by atoms with E-state index in [1.807, 2.05) is 13.8 Å². The molecule has 0 saturated heterocycles. The molecule has 0 amide bonds. The highest BCUT2D eigenvalue weighted by Gasteiger charge is 2.27. The Kier molecular flexibility index (Phi) is 5.36. The number of rotatable bonds is 5.